The molecule has 3 aliphatic rings. The Bertz CT molecular complexity index is 993. The van der Waals surface area contributed by atoms with Crippen LogP contribution in [0.3, 0.4) is 0 Å². The third kappa shape index (κ3) is 5.15. The van der Waals surface area contributed by atoms with Crippen molar-refractivity contribution in [3.63, 3.8) is 0 Å². The highest BCUT2D eigenvalue weighted by Crippen LogP contribution is 2.28. The van der Waals surface area contributed by atoms with Crippen LogP contribution in [0.5, 0.6) is 0 Å². The van der Waals surface area contributed by atoms with Gasteiger partial charge in [0, 0.05) is 45.3 Å². The number of piperazine rings is 1. The number of carbonyl (C=O) groups excluding carboxylic acids is 1. The van der Waals surface area contributed by atoms with Crippen LogP contribution in [0, 0.1) is 12.7 Å². The molecule has 2 aromatic carbocycles. The van der Waals surface area contributed by atoms with Crippen molar-refractivity contribution in [1.82, 2.24) is 14.7 Å². The second-order valence-corrected chi connectivity index (χ2v) is 10.1. The maximum atomic E-state index is 13.6. The van der Waals surface area contributed by atoms with Crippen LogP contribution in [0.25, 0.3) is 11.1 Å². The maximum Gasteiger partial charge on any atom is 0.236 e. The molecule has 2 fully saturated rings. The van der Waals surface area contributed by atoms with E-state index in [2.05, 4.69) is 32.9 Å². The normalized spacial score (nSPS) is 20.6. The first-order valence-corrected chi connectivity index (χ1v) is 12.7. The maximum absolute atomic E-state index is 13.6. The van der Waals surface area contributed by atoms with E-state index in [4.69, 9.17) is 0 Å². The van der Waals surface area contributed by atoms with Crippen LogP contribution in [0.15, 0.2) is 36.4 Å². The highest BCUT2D eigenvalue weighted by atomic mass is 19.1. The zero-order valence-corrected chi connectivity index (χ0v) is 19.9. The summed E-state index contributed by atoms with van der Waals surface area (Å²) < 4.78 is 13.6. The van der Waals surface area contributed by atoms with Crippen LogP contribution in [0.4, 0.5) is 4.39 Å². The fraction of sp³-hybridized carbons (Fsp3) is 0.536. The van der Waals surface area contributed by atoms with Crippen molar-refractivity contribution in [2.24, 2.45) is 0 Å². The largest absolute Gasteiger partial charge is 0.339 e. The molecule has 2 aliphatic heterocycles. The lowest BCUT2D eigenvalue weighted by Crippen LogP contribution is -2.54. The van der Waals surface area contributed by atoms with Gasteiger partial charge in [0.25, 0.3) is 0 Å². The number of amides is 1. The van der Waals surface area contributed by atoms with Gasteiger partial charge in [0.15, 0.2) is 0 Å². The molecule has 1 saturated carbocycles. The van der Waals surface area contributed by atoms with Gasteiger partial charge in [-0.15, -0.1) is 0 Å². The lowest BCUT2D eigenvalue weighted by atomic mass is 9.93. The molecule has 0 atom stereocenters. The number of benzene rings is 2. The molecule has 1 aliphatic carbocycles. The van der Waals surface area contributed by atoms with E-state index in [0.717, 1.165) is 62.9 Å². The lowest BCUT2D eigenvalue weighted by Gasteiger charge is -2.41. The van der Waals surface area contributed by atoms with E-state index in [-0.39, 0.29) is 11.7 Å². The van der Waals surface area contributed by atoms with E-state index in [9.17, 15) is 9.18 Å². The van der Waals surface area contributed by atoms with Crippen LogP contribution in [0.2, 0.25) is 0 Å². The van der Waals surface area contributed by atoms with Crippen LogP contribution >= 0.6 is 0 Å². The van der Waals surface area contributed by atoms with Gasteiger partial charge >= 0.3 is 0 Å². The summed E-state index contributed by atoms with van der Waals surface area (Å²) in [7, 11) is 0. The number of hydrogen-bond donors (Lipinski definition) is 0. The zero-order chi connectivity index (χ0) is 22.8. The average molecular weight is 450 g/mol. The van der Waals surface area contributed by atoms with Crippen molar-refractivity contribution < 1.29 is 9.18 Å². The van der Waals surface area contributed by atoms with Gasteiger partial charge in [-0.1, -0.05) is 43.5 Å². The summed E-state index contributed by atoms with van der Waals surface area (Å²) in [4.78, 5) is 20.0. The zero-order valence-electron chi connectivity index (χ0n) is 19.9. The number of nitrogens with zero attached hydrogens (tertiary/aromatic N) is 3. The Morgan fingerprint density at radius 3 is 2.39 bits per heavy atom. The van der Waals surface area contributed by atoms with Crippen LogP contribution in [-0.4, -0.2) is 65.9 Å². The molecule has 5 heteroatoms. The summed E-state index contributed by atoms with van der Waals surface area (Å²) in [5.41, 5.74) is 5.52. The van der Waals surface area contributed by atoms with Gasteiger partial charge in [-0.05, 0) is 66.1 Å². The molecule has 176 valence electrons. The molecule has 0 radical (unpaired) electrons. The summed E-state index contributed by atoms with van der Waals surface area (Å²) in [5, 5.41) is 0. The first kappa shape index (κ1) is 22.5. The summed E-state index contributed by atoms with van der Waals surface area (Å²) in [6, 6.07) is 12.6. The minimum atomic E-state index is -0.160. The summed E-state index contributed by atoms with van der Waals surface area (Å²) in [6.07, 6.45) is 7.75. The quantitative estimate of drug-likeness (QED) is 0.681. The van der Waals surface area contributed by atoms with Gasteiger partial charge in [-0.2, -0.15) is 0 Å². The van der Waals surface area contributed by atoms with Gasteiger partial charge in [0.2, 0.25) is 5.91 Å². The third-order valence-corrected chi connectivity index (χ3v) is 7.91. The van der Waals surface area contributed by atoms with E-state index >= 15 is 0 Å². The molecule has 0 N–H and O–H groups in total. The van der Waals surface area contributed by atoms with Crippen LogP contribution < -0.4 is 0 Å². The highest BCUT2D eigenvalue weighted by molar-refractivity contribution is 5.78. The van der Waals surface area contributed by atoms with E-state index in [1.165, 1.54) is 43.2 Å². The average Bonchev–Trinajstić information content (AvgIpc) is 2.86. The van der Waals surface area contributed by atoms with Crippen molar-refractivity contribution in [3.05, 3.63) is 58.9 Å². The van der Waals surface area contributed by atoms with Crippen molar-refractivity contribution in [3.8, 4) is 11.1 Å². The van der Waals surface area contributed by atoms with Gasteiger partial charge in [-0.25, -0.2) is 4.39 Å². The first-order chi connectivity index (χ1) is 16.1. The number of fused-ring (bicyclic) bond motifs is 1. The highest BCUT2D eigenvalue weighted by Gasteiger charge is 2.28. The Hall–Kier alpha value is -2.24. The van der Waals surface area contributed by atoms with E-state index in [0.29, 0.717) is 12.1 Å². The minimum absolute atomic E-state index is 0.160. The fourth-order valence-electron chi connectivity index (χ4n) is 5.82. The molecule has 0 unspecified atom stereocenters. The van der Waals surface area contributed by atoms with E-state index < -0.39 is 0 Å². The molecule has 2 aromatic rings. The van der Waals surface area contributed by atoms with E-state index in [1.54, 1.807) is 6.07 Å². The molecule has 0 bridgehead atoms. The van der Waals surface area contributed by atoms with Gasteiger partial charge in [0.1, 0.15) is 5.82 Å². The Morgan fingerprint density at radius 2 is 1.64 bits per heavy atom. The van der Waals surface area contributed by atoms with Gasteiger partial charge < -0.3 is 4.90 Å². The fourth-order valence-corrected chi connectivity index (χ4v) is 5.82. The number of halogens is 1. The van der Waals surface area contributed by atoms with Crippen molar-refractivity contribution in [1.29, 1.82) is 0 Å². The predicted molar refractivity (Wildman–Crippen MR) is 131 cm³/mol. The second-order valence-electron chi connectivity index (χ2n) is 10.1. The topological polar surface area (TPSA) is 26.8 Å². The Kier molecular flexibility index (Phi) is 6.79. The molecular weight excluding hydrogens is 413 g/mol. The molecule has 0 aromatic heterocycles. The van der Waals surface area contributed by atoms with Crippen LogP contribution in [0.1, 0.15) is 48.8 Å². The molecule has 1 saturated heterocycles. The molecule has 2 heterocycles. The Balaban J connectivity index is 1.15. The smallest absolute Gasteiger partial charge is 0.236 e. The monoisotopic (exact) mass is 449 g/mol. The van der Waals surface area contributed by atoms with Gasteiger partial charge in [0.05, 0.1) is 6.54 Å². The summed E-state index contributed by atoms with van der Waals surface area (Å²) >= 11 is 0. The van der Waals surface area contributed by atoms with Crippen LogP contribution in [-0.2, 0) is 17.8 Å². The van der Waals surface area contributed by atoms with Crippen molar-refractivity contribution in [2.75, 3.05) is 39.3 Å². The molecule has 33 heavy (non-hydrogen) atoms. The minimum Gasteiger partial charge on any atom is -0.339 e. The van der Waals surface area contributed by atoms with Gasteiger partial charge in [-0.3, -0.25) is 14.6 Å². The third-order valence-electron chi connectivity index (χ3n) is 7.91. The first-order valence-electron chi connectivity index (χ1n) is 12.7. The molecular formula is C28H36FN3O. The molecule has 5 rings (SSSR count). The predicted octanol–water partition coefficient (Wildman–Crippen LogP) is 4.64. The van der Waals surface area contributed by atoms with E-state index in [1.807, 2.05) is 19.1 Å². The Labute approximate surface area is 197 Å². The van der Waals surface area contributed by atoms with Crippen molar-refractivity contribution in [2.45, 2.75) is 58.0 Å². The number of carbonyl (C=O) groups is 1. The SMILES string of the molecule is Cc1cc(-c2ccc3c(c2)CCN(CC(=O)N2CCN(C4CCCCC4)CC2)C3)ccc1F. The Morgan fingerprint density at radius 1 is 0.909 bits per heavy atom. The summed E-state index contributed by atoms with van der Waals surface area (Å²) in [6.45, 7) is 7.87. The number of aryl methyl sites for hydroxylation is 1. The number of hydrogen-bond acceptors (Lipinski definition) is 3. The molecule has 4 nitrogen and oxygen atoms in total. The molecule has 1 amide bonds. The number of rotatable bonds is 4. The van der Waals surface area contributed by atoms with Crippen molar-refractivity contribution >= 4 is 5.91 Å². The second kappa shape index (κ2) is 9.94. The molecule has 0 spiro atoms. The standard InChI is InChI=1S/C28H36FN3O/c1-21-17-22(9-10-27(21)29)23-7-8-25-19-30(12-11-24(25)18-23)20-28(33)32-15-13-31(14-16-32)26-5-3-2-4-6-26/h7-10,17-18,26H,2-6,11-16,19-20H2,1H3. The summed E-state index contributed by atoms with van der Waals surface area (Å²) in [5.74, 6) is 0.118. The lowest BCUT2D eigenvalue weighted by molar-refractivity contribution is -0.134.